The van der Waals surface area contributed by atoms with Crippen LogP contribution in [0.2, 0.25) is 0 Å². The van der Waals surface area contributed by atoms with Crippen molar-refractivity contribution >= 4 is 53.3 Å². The lowest BCUT2D eigenvalue weighted by Gasteiger charge is -2.39. The second-order valence-electron chi connectivity index (χ2n) is 15.4. The van der Waals surface area contributed by atoms with Gasteiger partial charge in [-0.2, -0.15) is 0 Å². The number of ether oxygens (including phenoxy) is 1. The summed E-state index contributed by atoms with van der Waals surface area (Å²) in [4.78, 5) is 16.0. The van der Waals surface area contributed by atoms with Crippen molar-refractivity contribution in [3.8, 4) is 56.5 Å². The summed E-state index contributed by atoms with van der Waals surface area (Å²) < 4.78 is 8.91. The number of rotatable bonds is 3. The van der Waals surface area contributed by atoms with E-state index >= 15 is 0 Å². The summed E-state index contributed by atoms with van der Waals surface area (Å²) >= 11 is 1.75. The van der Waals surface area contributed by atoms with Crippen LogP contribution in [0.1, 0.15) is 22.3 Å². The van der Waals surface area contributed by atoms with Crippen LogP contribution in [0.5, 0.6) is 11.5 Å². The Bertz CT molecular complexity index is 3510. The lowest BCUT2D eigenvalue weighted by Crippen LogP contribution is -2.32. The van der Waals surface area contributed by atoms with Crippen LogP contribution >= 0.6 is 11.3 Å². The van der Waals surface area contributed by atoms with E-state index < -0.39 is 5.41 Å². The minimum Gasteiger partial charge on any atom is -0.457 e. The van der Waals surface area contributed by atoms with Gasteiger partial charge in [0.05, 0.1) is 32.5 Å². The highest BCUT2D eigenvalue weighted by atomic mass is 32.1. The number of benzene rings is 8. The molecule has 2 aliphatic rings. The summed E-state index contributed by atoms with van der Waals surface area (Å²) in [6, 6.07) is 66.9. The third-order valence-corrected chi connectivity index (χ3v) is 13.5. The molecule has 1 spiro atoms. The molecule has 59 heavy (non-hydrogen) atoms. The number of thiophene rings is 1. The Hall–Kier alpha value is -7.47. The summed E-state index contributed by atoms with van der Waals surface area (Å²) in [5, 5.41) is 4.60. The van der Waals surface area contributed by atoms with Gasteiger partial charge in [0.15, 0.2) is 5.82 Å². The molecule has 0 amide bonds. The van der Waals surface area contributed by atoms with Crippen molar-refractivity contribution in [3.63, 3.8) is 0 Å². The normalized spacial score (nSPS) is 13.4. The Morgan fingerprint density at radius 2 is 1.08 bits per heavy atom. The Morgan fingerprint density at radius 1 is 0.441 bits per heavy atom. The van der Waals surface area contributed by atoms with Gasteiger partial charge in [-0.05, 0) is 52.6 Å². The van der Waals surface area contributed by atoms with E-state index in [0.29, 0.717) is 0 Å². The topological polar surface area (TPSA) is 47.9 Å². The minimum atomic E-state index is -0.560. The average Bonchev–Trinajstić information content (AvgIpc) is 3.83. The quantitative estimate of drug-likeness (QED) is 0.168. The number of hydrogen-bond acceptors (Lipinski definition) is 5. The van der Waals surface area contributed by atoms with Crippen LogP contribution < -0.4 is 4.74 Å². The molecule has 8 aromatic carbocycles. The summed E-state index contributed by atoms with van der Waals surface area (Å²) in [6.07, 6.45) is 0. The van der Waals surface area contributed by atoms with E-state index in [9.17, 15) is 0 Å². The summed E-state index contributed by atoms with van der Waals surface area (Å²) in [5.41, 5.74) is 13.6. The van der Waals surface area contributed by atoms with Crippen molar-refractivity contribution < 1.29 is 4.74 Å². The molecule has 5 heteroatoms. The third kappa shape index (κ3) is 4.51. The third-order valence-electron chi connectivity index (χ3n) is 12.3. The Morgan fingerprint density at radius 3 is 1.90 bits per heavy atom. The van der Waals surface area contributed by atoms with Gasteiger partial charge in [0.1, 0.15) is 11.5 Å². The van der Waals surface area contributed by atoms with E-state index in [-0.39, 0.29) is 0 Å². The molecule has 11 aromatic rings. The van der Waals surface area contributed by atoms with Gasteiger partial charge >= 0.3 is 0 Å². The first kappa shape index (κ1) is 32.6. The average molecular weight is 770 g/mol. The second-order valence-corrected chi connectivity index (χ2v) is 16.4. The number of aromatic nitrogens is 3. The first-order valence-corrected chi connectivity index (χ1v) is 20.8. The highest BCUT2D eigenvalue weighted by molar-refractivity contribution is 7.26. The van der Waals surface area contributed by atoms with E-state index in [1.165, 1.54) is 32.3 Å². The molecule has 274 valence electrons. The van der Waals surface area contributed by atoms with E-state index in [0.717, 1.165) is 88.4 Å². The van der Waals surface area contributed by atoms with Crippen LogP contribution in [0.25, 0.3) is 87.0 Å². The first-order valence-electron chi connectivity index (χ1n) is 19.9. The van der Waals surface area contributed by atoms with Gasteiger partial charge in [0.25, 0.3) is 0 Å². The fourth-order valence-electron chi connectivity index (χ4n) is 9.92. The maximum atomic E-state index is 6.63. The highest BCUT2D eigenvalue weighted by Crippen LogP contribution is 2.63. The monoisotopic (exact) mass is 769 g/mol. The Balaban J connectivity index is 1.09. The molecule has 0 radical (unpaired) electrons. The van der Waals surface area contributed by atoms with Crippen LogP contribution in [0.4, 0.5) is 0 Å². The molecule has 1 aliphatic carbocycles. The van der Waals surface area contributed by atoms with Crippen molar-refractivity contribution in [3.05, 3.63) is 210 Å². The molecule has 1 aliphatic heterocycles. The molecule has 0 saturated carbocycles. The number of fused-ring (bicyclic) bond motifs is 16. The summed E-state index contributed by atoms with van der Waals surface area (Å²) in [7, 11) is 0. The fourth-order valence-corrected chi connectivity index (χ4v) is 11.1. The largest absolute Gasteiger partial charge is 0.457 e. The molecule has 0 saturated heterocycles. The molecule has 4 heterocycles. The predicted octanol–water partition coefficient (Wildman–Crippen LogP) is 14.0. The zero-order valence-corrected chi connectivity index (χ0v) is 32.4. The van der Waals surface area contributed by atoms with Crippen molar-refractivity contribution in [1.82, 2.24) is 15.0 Å². The number of hydrogen-bond donors (Lipinski definition) is 0. The molecule has 4 nitrogen and oxygen atoms in total. The zero-order valence-electron chi connectivity index (χ0n) is 31.6. The van der Waals surface area contributed by atoms with Gasteiger partial charge in [0, 0.05) is 54.1 Å². The molecule has 0 N–H and O–H groups in total. The van der Waals surface area contributed by atoms with Crippen LogP contribution in [-0.2, 0) is 5.41 Å². The van der Waals surface area contributed by atoms with Crippen molar-refractivity contribution in [2.24, 2.45) is 0 Å². The molecule has 0 atom stereocenters. The predicted molar refractivity (Wildman–Crippen MR) is 241 cm³/mol. The molecule has 13 rings (SSSR count). The fraction of sp³-hybridized carbons (Fsp3) is 0.0185. The van der Waals surface area contributed by atoms with E-state index in [1.807, 2.05) is 18.2 Å². The minimum absolute atomic E-state index is 0.560. The van der Waals surface area contributed by atoms with Gasteiger partial charge in [-0.1, -0.05) is 158 Å². The first-order chi connectivity index (χ1) is 29.3. The van der Waals surface area contributed by atoms with Crippen LogP contribution in [0.15, 0.2) is 188 Å². The van der Waals surface area contributed by atoms with Crippen molar-refractivity contribution in [2.75, 3.05) is 0 Å². The van der Waals surface area contributed by atoms with E-state index in [4.69, 9.17) is 19.7 Å². The summed E-state index contributed by atoms with van der Waals surface area (Å²) in [5.74, 6) is 2.49. The van der Waals surface area contributed by atoms with Crippen molar-refractivity contribution in [2.45, 2.75) is 5.41 Å². The Labute approximate surface area is 343 Å². The van der Waals surface area contributed by atoms with Crippen LogP contribution in [0, 0.1) is 0 Å². The van der Waals surface area contributed by atoms with Gasteiger partial charge in [-0.3, -0.25) is 0 Å². The molecule has 0 fully saturated rings. The SMILES string of the molecule is c1ccc(-c2nc(-c3cccc(-c4nc5ccccc5c5c6c(ccc45)C4(c5ccccc5Oc5ccccc54)c4ccccc4-6)c3)c3sc4ccccc4c3n2)cc1. The molecule has 0 bridgehead atoms. The molecule has 0 unspecified atom stereocenters. The maximum Gasteiger partial charge on any atom is 0.160 e. The Kier molecular flexibility index (Phi) is 6.78. The molecular weight excluding hydrogens is 739 g/mol. The van der Waals surface area contributed by atoms with E-state index in [2.05, 4.69) is 170 Å². The molecular formula is C54H31N3OS. The standard InChI is InChI=1S/C54H31N3OS/c1-2-15-32(16-3-1)53-56-50(52-51(57-53)37-21-6-13-28-46(37)59-52)34-18-14-17-33(31-34)49-38-29-30-42-48(47(38)36-20-5-10-25-43(36)55-49)35-19-4-7-22-39(35)54(42)40-23-8-11-26-44(40)58-45-27-12-9-24-41(45)54/h1-31H. The summed E-state index contributed by atoms with van der Waals surface area (Å²) in [6.45, 7) is 0. The number of para-hydroxylation sites is 3. The van der Waals surface area contributed by atoms with Gasteiger partial charge in [0.2, 0.25) is 0 Å². The smallest absolute Gasteiger partial charge is 0.160 e. The lowest BCUT2D eigenvalue weighted by molar-refractivity contribution is 0.436. The highest BCUT2D eigenvalue weighted by Gasteiger charge is 2.51. The lowest BCUT2D eigenvalue weighted by atomic mass is 9.66. The van der Waals surface area contributed by atoms with Gasteiger partial charge in [-0.15, -0.1) is 11.3 Å². The van der Waals surface area contributed by atoms with Crippen molar-refractivity contribution in [1.29, 1.82) is 0 Å². The van der Waals surface area contributed by atoms with Gasteiger partial charge in [-0.25, -0.2) is 15.0 Å². The molecule has 3 aromatic heterocycles. The van der Waals surface area contributed by atoms with Gasteiger partial charge < -0.3 is 4.74 Å². The maximum absolute atomic E-state index is 6.63. The van der Waals surface area contributed by atoms with Crippen LogP contribution in [0.3, 0.4) is 0 Å². The zero-order chi connectivity index (χ0) is 38.7. The second kappa shape index (κ2) is 12.3. The number of pyridine rings is 1. The van der Waals surface area contributed by atoms with Crippen LogP contribution in [-0.4, -0.2) is 15.0 Å². The van der Waals surface area contributed by atoms with E-state index in [1.54, 1.807) is 11.3 Å². The number of nitrogens with zero attached hydrogens (tertiary/aromatic N) is 3.